The van der Waals surface area contributed by atoms with E-state index in [4.69, 9.17) is 0 Å². The van der Waals surface area contributed by atoms with Gasteiger partial charge in [0.15, 0.2) is 0 Å². The molecular weight excluding hydrogens is 245 g/mol. The van der Waals surface area contributed by atoms with Crippen molar-refractivity contribution in [3.8, 4) is 0 Å². The number of hydrogen-bond acceptors (Lipinski definition) is 0. The molecule has 1 aromatic carbocycles. The molecule has 0 unspecified atom stereocenters. The maximum Gasteiger partial charge on any atom is 0.416 e. The fraction of sp³-hybridized carbons (Fsp3) is 0.333. The second-order valence-corrected chi connectivity index (χ2v) is 3.81. The van der Waals surface area contributed by atoms with Crippen LogP contribution in [0.25, 0.3) is 0 Å². The Kier molecular flexibility index (Phi) is 2.71. The highest BCUT2D eigenvalue weighted by Gasteiger charge is 2.32. The van der Waals surface area contributed by atoms with Crippen LogP contribution in [0.3, 0.4) is 0 Å². The van der Waals surface area contributed by atoms with Gasteiger partial charge in [0, 0.05) is 4.47 Å². The van der Waals surface area contributed by atoms with Crippen molar-refractivity contribution in [3.05, 3.63) is 33.3 Å². The Bertz CT molecular complexity index is 328. The second kappa shape index (κ2) is 3.33. The topological polar surface area (TPSA) is 0 Å². The molecule has 4 heteroatoms. The largest absolute Gasteiger partial charge is 0.416 e. The first-order valence-electron chi connectivity index (χ1n) is 3.66. The van der Waals surface area contributed by atoms with E-state index < -0.39 is 11.7 Å². The van der Waals surface area contributed by atoms with Gasteiger partial charge >= 0.3 is 6.18 Å². The third-order valence-electron chi connectivity index (χ3n) is 1.94. The lowest BCUT2D eigenvalue weighted by Gasteiger charge is -2.12. The zero-order chi connectivity index (χ0) is 10.2. The molecule has 0 aliphatic rings. The van der Waals surface area contributed by atoms with Crippen LogP contribution in [0.15, 0.2) is 16.6 Å². The summed E-state index contributed by atoms with van der Waals surface area (Å²) in [4.78, 5) is 0. The predicted molar refractivity (Wildman–Crippen MR) is 48.6 cm³/mol. The summed E-state index contributed by atoms with van der Waals surface area (Å²) >= 11 is 3.04. The molecule has 0 radical (unpaired) electrons. The number of halogens is 4. The molecule has 0 aromatic heterocycles. The number of hydrogen-bond donors (Lipinski definition) is 0. The highest BCUT2D eigenvalue weighted by atomic mass is 79.9. The number of alkyl halides is 3. The van der Waals surface area contributed by atoms with Gasteiger partial charge in [0.2, 0.25) is 0 Å². The number of benzene rings is 1. The van der Waals surface area contributed by atoms with Crippen LogP contribution in [0.1, 0.15) is 16.7 Å². The van der Waals surface area contributed by atoms with Gasteiger partial charge in [0.25, 0.3) is 0 Å². The summed E-state index contributed by atoms with van der Waals surface area (Å²) in [7, 11) is 0. The van der Waals surface area contributed by atoms with E-state index in [2.05, 4.69) is 15.9 Å². The molecule has 0 saturated carbocycles. The van der Waals surface area contributed by atoms with Crippen LogP contribution in [0.2, 0.25) is 0 Å². The van der Waals surface area contributed by atoms with Gasteiger partial charge in [-0.25, -0.2) is 0 Å². The molecule has 0 fully saturated rings. The SMILES string of the molecule is Cc1cc(Br)cc(C(F)(F)F)c1C. The van der Waals surface area contributed by atoms with Crippen molar-refractivity contribution < 1.29 is 13.2 Å². The molecule has 72 valence electrons. The van der Waals surface area contributed by atoms with Crippen LogP contribution in [-0.4, -0.2) is 0 Å². The first-order chi connectivity index (χ1) is 5.82. The van der Waals surface area contributed by atoms with Crippen LogP contribution in [0.4, 0.5) is 13.2 Å². The third-order valence-corrected chi connectivity index (χ3v) is 2.40. The summed E-state index contributed by atoms with van der Waals surface area (Å²) in [5, 5.41) is 0. The Morgan fingerprint density at radius 3 is 2.15 bits per heavy atom. The Hall–Kier alpha value is -0.510. The summed E-state index contributed by atoms with van der Waals surface area (Å²) in [5.74, 6) is 0. The van der Waals surface area contributed by atoms with Crippen molar-refractivity contribution in [2.75, 3.05) is 0 Å². The monoisotopic (exact) mass is 252 g/mol. The second-order valence-electron chi connectivity index (χ2n) is 2.89. The smallest absolute Gasteiger partial charge is 0.166 e. The Labute approximate surface area is 82.9 Å². The van der Waals surface area contributed by atoms with Crippen molar-refractivity contribution in [2.24, 2.45) is 0 Å². The van der Waals surface area contributed by atoms with Crippen LogP contribution >= 0.6 is 15.9 Å². The summed E-state index contributed by atoms with van der Waals surface area (Å²) < 4.78 is 37.6. The number of rotatable bonds is 0. The van der Waals surface area contributed by atoms with Gasteiger partial charge in [-0.1, -0.05) is 15.9 Å². The maximum atomic E-state index is 12.4. The summed E-state index contributed by atoms with van der Waals surface area (Å²) in [6.07, 6.45) is -4.27. The Morgan fingerprint density at radius 2 is 1.69 bits per heavy atom. The van der Waals surface area contributed by atoms with Gasteiger partial charge in [-0.15, -0.1) is 0 Å². The van der Waals surface area contributed by atoms with Crippen LogP contribution in [0, 0.1) is 13.8 Å². The molecule has 0 N–H and O–H groups in total. The summed E-state index contributed by atoms with van der Waals surface area (Å²) in [6.45, 7) is 3.14. The fourth-order valence-corrected chi connectivity index (χ4v) is 1.68. The van der Waals surface area contributed by atoms with E-state index in [9.17, 15) is 13.2 Å². The van der Waals surface area contributed by atoms with Crippen LogP contribution < -0.4 is 0 Å². The molecule has 0 bridgehead atoms. The standard InChI is InChI=1S/C9H8BrF3/c1-5-3-7(10)4-8(6(5)2)9(11,12)13/h3-4H,1-2H3. The Balaban J connectivity index is 3.37. The molecule has 0 nitrogen and oxygen atoms in total. The van der Waals surface area contributed by atoms with E-state index in [1.165, 1.54) is 6.92 Å². The minimum Gasteiger partial charge on any atom is -0.166 e. The van der Waals surface area contributed by atoms with Crippen LogP contribution in [-0.2, 0) is 6.18 Å². The molecule has 0 spiro atoms. The van der Waals surface area contributed by atoms with E-state index in [0.717, 1.165) is 6.07 Å². The molecule has 0 saturated heterocycles. The maximum absolute atomic E-state index is 12.4. The average molecular weight is 253 g/mol. The first kappa shape index (κ1) is 10.6. The van der Waals surface area contributed by atoms with Crippen molar-refractivity contribution in [3.63, 3.8) is 0 Å². The van der Waals surface area contributed by atoms with Gasteiger partial charge < -0.3 is 0 Å². The van der Waals surface area contributed by atoms with E-state index in [1.807, 2.05) is 0 Å². The normalized spacial score (nSPS) is 11.8. The fourth-order valence-electron chi connectivity index (χ4n) is 1.11. The van der Waals surface area contributed by atoms with Crippen LogP contribution in [0.5, 0.6) is 0 Å². The predicted octanol–water partition coefficient (Wildman–Crippen LogP) is 4.08. The summed E-state index contributed by atoms with van der Waals surface area (Å²) in [6, 6.07) is 2.77. The van der Waals surface area contributed by atoms with E-state index >= 15 is 0 Å². The highest BCUT2D eigenvalue weighted by Crippen LogP contribution is 2.34. The zero-order valence-electron chi connectivity index (χ0n) is 7.17. The minimum absolute atomic E-state index is 0.288. The van der Waals surface area contributed by atoms with E-state index in [0.29, 0.717) is 10.0 Å². The number of aryl methyl sites for hydroxylation is 1. The molecule has 0 atom stereocenters. The first-order valence-corrected chi connectivity index (χ1v) is 4.45. The van der Waals surface area contributed by atoms with Gasteiger partial charge in [0.05, 0.1) is 5.56 Å². The van der Waals surface area contributed by atoms with Gasteiger partial charge in [-0.3, -0.25) is 0 Å². The molecule has 0 aliphatic heterocycles. The molecule has 13 heavy (non-hydrogen) atoms. The lowest BCUT2D eigenvalue weighted by molar-refractivity contribution is -0.138. The summed E-state index contributed by atoms with van der Waals surface area (Å²) in [5.41, 5.74) is 0.358. The van der Waals surface area contributed by atoms with Crippen molar-refractivity contribution in [2.45, 2.75) is 20.0 Å². The van der Waals surface area contributed by atoms with Gasteiger partial charge in [-0.2, -0.15) is 13.2 Å². The average Bonchev–Trinajstić information content (AvgIpc) is 1.94. The molecule has 0 amide bonds. The van der Waals surface area contributed by atoms with Crippen molar-refractivity contribution in [1.82, 2.24) is 0 Å². The molecule has 0 aliphatic carbocycles. The molecule has 1 rings (SSSR count). The quantitative estimate of drug-likeness (QED) is 0.653. The van der Waals surface area contributed by atoms with Crippen molar-refractivity contribution >= 4 is 15.9 Å². The minimum atomic E-state index is -4.27. The lowest BCUT2D eigenvalue weighted by atomic mass is 10.0. The zero-order valence-corrected chi connectivity index (χ0v) is 8.75. The Morgan fingerprint density at radius 1 is 1.15 bits per heavy atom. The third kappa shape index (κ3) is 2.24. The lowest BCUT2D eigenvalue weighted by Crippen LogP contribution is -2.08. The molecular formula is C9H8BrF3. The van der Waals surface area contributed by atoms with E-state index in [-0.39, 0.29) is 5.56 Å². The van der Waals surface area contributed by atoms with Gasteiger partial charge in [-0.05, 0) is 37.1 Å². The van der Waals surface area contributed by atoms with Gasteiger partial charge in [0.1, 0.15) is 0 Å². The molecule has 1 aromatic rings. The van der Waals surface area contributed by atoms with Crippen molar-refractivity contribution in [1.29, 1.82) is 0 Å². The van der Waals surface area contributed by atoms with E-state index in [1.54, 1.807) is 13.0 Å². The molecule has 0 heterocycles. The highest BCUT2D eigenvalue weighted by molar-refractivity contribution is 9.10.